The van der Waals surface area contributed by atoms with Crippen molar-refractivity contribution >= 4 is 21.6 Å². The molecule has 33 heavy (non-hydrogen) atoms. The molecular formula is C22H19F3N2O5S. The molecule has 174 valence electrons. The van der Waals surface area contributed by atoms with E-state index in [1.165, 1.54) is 61.7 Å². The van der Waals surface area contributed by atoms with Gasteiger partial charge in [-0.25, -0.2) is 12.8 Å². The second kappa shape index (κ2) is 10.3. The van der Waals surface area contributed by atoms with E-state index in [1.807, 2.05) is 0 Å². The van der Waals surface area contributed by atoms with Crippen LogP contribution < -0.4 is 19.5 Å². The third kappa shape index (κ3) is 6.39. The Labute approximate surface area is 188 Å². The smallest absolute Gasteiger partial charge is 0.387 e. The van der Waals surface area contributed by atoms with Crippen molar-refractivity contribution in [3.63, 3.8) is 0 Å². The van der Waals surface area contributed by atoms with Gasteiger partial charge in [-0.3, -0.25) is 9.52 Å². The fourth-order valence-electron chi connectivity index (χ4n) is 2.84. The van der Waals surface area contributed by atoms with Crippen LogP contribution in [0.3, 0.4) is 0 Å². The molecule has 0 spiro atoms. The van der Waals surface area contributed by atoms with Crippen LogP contribution in [0.15, 0.2) is 71.6 Å². The average molecular weight is 480 g/mol. The Bertz CT molecular complexity index is 1240. The monoisotopic (exact) mass is 480 g/mol. The van der Waals surface area contributed by atoms with Crippen LogP contribution in [-0.4, -0.2) is 28.0 Å². The first-order chi connectivity index (χ1) is 15.7. The molecule has 3 rings (SSSR count). The minimum absolute atomic E-state index is 0.0228. The maximum Gasteiger partial charge on any atom is 0.387 e. The number of anilines is 1. The highest BCUT2D eigenvalue weighted by Crippen LogP contribution is 2.29. The van der Waals surface area contributed by atoms with Crippen LogP contribution in [-0.2, 0) is 16.6 Å². The van der Waals surface area contributed by atoms with E-state index in [4.69, 9.17) is 4.74 Å². The summed E-state index contributed by atoms with van der Waals surface area (Å²) in [5.41, 5.74) is 0.796. The quantitative estimate of drug-likeness (QED) is 0.480. The van der Waals surface area contributed by atoms with Gasteiger partial charge in [0, 0.05) is 17.8 Å². The lowest BCUT2D eigenvalue weighted by Crippen LogP contribution is -2.23. The fraction of sp³-hybridized carbons (Fsp3) is 0.136. The highest BCUT2D eigenvalue weighted by molar-refractivity contribution is 7.92. The molecule has 0 aliphatic carbocycles. The number of sulfonamides is 1. The number of nitrogens with one attached hydrogen (secondary N) is 2. The van der Waals surface area contributed by atoms with Gasteiger partial charge in [0.15, 0.2) is 11.5 Å². The number of rotatable bonds is 9. The molecule has 0 unspecified atom stereocenters. The number of amides is 1. The molecule has 3 aromatic rings. The molecule has 0 saturated heterocycles. The molecule has 0 aliphatic rings. The molecule has 0 fully saturated rings. The van der Waals surface area contributed by atoms with Crippen LogP contribution in [0.2, 0.25) is 0 Å². The fourth-order valence-corrected chi connectivity index (χ4v) is 3.94. The lowest BCUT2D eigenvalue weighted by molar-refractivity contribution is -0.0512. The summed E-state index contributed by atoms with van der Waals surface area (Å²) < 4.78 is 74.8. The van der Waals surface area contributed by atoms with Crippen LogP contribution in [0.5, 0.6) is 11.5 Å². The van der Waals surface area contributed by atoms with E-state index in [0.29, 0.717) is 5.56 Å². The van der Waals surface area contributed by atoms with Crippen molar-refractivity contribution in [2.24, 2.45) is 0 Å². The van der Waals surface area contributed by atoms with Gasteiger partial charge in [0.25, 0.3) is 15.9 Å². The largest absolute Gasteiger partial charge is 0.493 e. The molecule has 11 heteroatoms. The van der Waals surface area contributed by atoms with Crippen LogP contribution >= 0.6 is 0 Å². The number of carbonyl (C=O) groups is 1. The second-order valence-corrected chi connectivity index (χ2v) is 8.37. The van der Waals surface area contributed by atoms with Gasteiger partial charge in [-0.15, -0.1) is 0 Å². The minimum Gasteiger partial charge on any atom is -0.493 e. The summed E-state index contributed by atoms with van der Waals surface area (Å²) in [5.74, 6) is -1.14. The normalized spacial score (nSPS) is 11.2. The first-order valence-electron chi connectivity index (χ1n) is 9.46. The van der Waals surface area contributed by atoms with Crippen molar-refractivity contribution in [1.29, 1.82) is 0 Å². The zero-order valence-electron chi connectivity index (χ0n) is 17.2. The van der Waals surface area contributed by atoms with Crippen LogP contribution in [0.4, 0.5) is 18.9 Å². The first kappa shape index (κ1) is 23.9. The SMILES string of the molecule is COc1cc(CNC(=O)c2cccc(S(=O)(=O)Nc3ccc(F)cc3)c2)ccc1OC(F)F. The number of halogens is 3. The number of methoxy groups -OCH3 is 1. The number of alkyl halides is 2. The number of hydrogen-bond acceptors (Lipinski definition) is 5. The summed E-state index contributed by atoms with van der Waals surface area (Å²) in [6.45, 7) is -2.99. The molecule has 0 radical (unpaired) electrons. The van der Waals surface area contributed by atoms with E-state index in [9.17, 15) is 26.4 Å². The Morgan fingerprint density at radius 3 is 2.39 bits per heavy atom. The Morgan fingerprint density at radius 2 is 1.73 bits per heavy atom. The summed E-state index contributed by atoms with van der Waals surface area (Å²) in [5, 5.41) is 2.62. The summed E-state index contributed by atoms with van der Waals surface area (Å²) >= 11 is 0. The van der Waals surface area contributed by atoms with E-state index in [1.54, 1.807) is 0 Å². The summed E-state index contributed by atoms with van der Waals surface area (Å²) in [6.07, 6.45) is 0. The lowest BCUT2D eigenvalue weighted by Gasteiger charge is -2.12. The van der Waals surface area contributed by atoms with Gasteiger partial charge in [0.2, 0.25) is 0 Å². The minimum atomic E-state index is -4.02. The Balaban J connectivity index is 1.70. The van der Waals surface area contributed by atoms with E-state index in [0.717, 1.165) is 12.1 Å². The van der Waals surface area contributed by atoms with Gasteiger partial charge in [0.1, 0.15) is 5.82 Å². The molecule has 2 N–H and O–H groups in total. The highest BCUT2D eigenvalue weighted by atomic mass is 32.2. The molecule has 0 aliphatic heterocycles. The maximum absolute atomic E-state index is 13.0. The number of hydrogen-bond donors (Lipinski definition) is 2. The summed E-state index contributed by atoms with van der Waals surface area (Å²) in [7, 11) is -2.72. The zero-order chi connectivity index (χ0) is 24.0. The van der Waals surface area contributed by atoms with Gasteiger partial charge >= 0.3 is 6.61 Å². The first-order valence-corrected chi connectivity index (χ1v) is 10.9. The topological polar surface area (TPSA) is 93.7 Å². The number of carbonyl (C=O) groups excluding carboxylic acids is 1. The molecule has 7 nitrogen and oxygen atoms in total. The van der Waals surface area contributed by atoms with Crippen molar-refractivity contribution in [1.82, 2.24) is 5.32 Å². The second-order valence-electron chi connectivity index (χ2n) is 6.69. The van der Waals surface area contributed by atoms with E-state index < -0.39 is 28.4 Å². The number of ether oxygens (including phenoxy) is 2. The highest BCUT2D eigenvalue weighted by Gasteiger charge is 2.17. The van der Waals surface area contributed by atoms with Crippen molar-refractivity contribution in [3.8, 4) is 11.5 Å². The average Bonchev–Trinajstić information content (AvgIpc) is 2.79. The van der Waals surface area contributed by atoms with Crippen LogP contribution in [0, 0.1) is 5.82 Å². The van der Waals surface area contributed by atoms with Crippen molar-refractivity contribution in [2.75, 3.05) is 11.8 Å². The Kier molecular flexibility index (Phi) is 7.44. The van der Waals surface area contributed by atoms with Gasteiger partial charge in [-0.2, -0.15) is 8.78 Å². The molecule has 1 amide bonds. The van der Waals surface area contributed by atoms with E-state index >= 15 is 0 Å². The number of benzene rings is 3. The summed E-state index contributed by atoms with van der Waals surface area (Å²) in [4.78, 5) is 12.4. The molecule has 3 aromatic carbocycles. The maximum atomic E-state index is 13.0. The molecule has 0 saturated carbocycles. The van der Waals surface area contributed by atoms with E-state index in [-0.39, 0.29) is 34.2 Å². The summed E-state index contributed by atoms with van der Waals surface area (Å²) in [6, 6.07) is 14.3. The standard InChI is InChI=1S/C22H19F3N2O5S/c1-31-20-11-14(5-10-19(20)32-22(24)25)13-26-21(28)15-3-2-4-18(12-15)33(29,30)27-17-8-6-16(23)7-9-17/h2-12,22,27H,13H2,1H3,(H,26,28). The third-order valence-electron chi connectivity index (χ3n) is 4.40. The van der Waals surface area contributed by atoms with Gasteiger partial charge < -0.3 is 14.8 Å². The molecule has 0 bridgehead atoms. The zero-order valence-corrected chi connectivity index (χ0v) is 18.0. The van der Waals surface area contributed by atoms with Crippen molar-refractivity contribution in [2.45, 2.75) is 18.1 Å². The van der Waals surface area contributed by atoms with Gasteiger partial charge in [-0.1, -0.05) is 12.1 Å². The predicted molar refractivity (Wildman–Crippen MR) is 114 cm³/mol. The van der Waals surface area contributed by atoms with Crippen molar-refractivity contribution in [3.05, 3.63) is 83.7 Å². The van der Waals surface area contributed by atoms with Crippen LogP contribution in [0.1, 0.15) is 15.9 Å². The van der Waals surface area contributed by atoms with Crippen molar-refractivity contribution < 1.29 is 35.9 Å². The molecular weight excluding hydrogens is 461 g/mol. The molecule has 0 atom stereocenters. The van der Waals surface area contributed by atoms with Gasteiger partial charge in [0.05, 0.1) is 12.0 Å². The Morgan fingerprint density at radius 1 is 1.00 bits per heavy atom. The van der Waals surface area contributed by atoms with Crippen LogP contribution in [0.25, 0.3) is 0 Å². The van der Waals surface area contributed by atoms with Gasteiger partial charge in [-0.05, 0) is 60.2 Å². The molecule has 0 heterocycles. The third-order valence-corrected chi connectivity index (χ3v) is 5.78. The van der Waals surface area contributed by atoms with E-state index in [2.05, 4.69) is 14.8 Å². The predicted octanol–water partition coefficient (Wildman–Crippen LogP) is 4.17. The molecule has 0 aromatic heterocycles. The Hall–Kier alpha value is -3.73. The lowest BCUT2D eigenvalue weighted by atomic mass is 10.1.